The molecule has 0 amide bonds. The molecule has 1 N–H and O–H groups in total. The molecule has 3 nitrogen and oxygen atoms in total. The zero-order valence-electron chi connectivity index (χ0n) is 12.8. The van der Waals surface area contributed by atoms with Crippen LogP contribution in [0.4, 0.5) is 8.78 Å². The first-order valence-corrected chi connectivity index (χ1v) is 7.36. The summed E-state index contributed by atoms with van der Waals surface area (Å²) in [4.78, 5) is 0. The quantitative estimate of drug-likeness (QED) is 0.834. The molecular weight excluding hydrogens is 276 g/mol. The van der Waals surface area contributed by atoms with Gasteiger partial charge < -0.3 is 14.8 Å². The average molecular weight is 299 g/mol. The molecule has 1 fully saturated rings. The fourth-order valence-electron chi connectivity index (χ4n) is 2.97. The molecule has 1 unspecified atom stereocenters. The Hall–Kier alpha value is -1.20. The minimum atomic E-state index is -0.580. The number of benzene rings is 1. The van der Waals surface area contributed by atoms with Crippen molar-refractivity contribution in [2.75, 3.05) is 20.8 Å². The van der Waals surface area contributed by atoms with Crippen LogP contribution < -0.4 is 10.1 Å². The number of hydrogen-bond acceptors (Lipinski definition) is 3. The van der Waals surface area contributed by atoms with Crippen LogP contribution in [0, 0.1) is 11.6 Å². The molecule has 0 aliphatic heterocycles. The van der Waals surface area contributed by atoms with Crippen molar-refractivity contribution in [2.24, 2.45) is 0 Å². The normalized spacial score (nSPS) is 18.1. The van der Waals surface area contributed by atoms with Crippen molar-refractivity contribution in [1.82, 2.24) is 5.32 Å². The molecule has 1 aromatic carbocycles. The number of rotatable bonds is 7. The molecule has 0 saturated heterocycles. The first kappa shape index (κ1) is 16.2. The van der Waals surface area contributed by atoms with Gasteiger partial charge in [-0.05, 0) is 32.2 Å². The van der Waals surface area contributed by atoms with Crippen LogP contribution in [0.15, 0.2) is 12.1 Å². The molecular formula is C16H23F2NO2. The highest BCUT2D eigenvalue weighted by Crippen LogP contribution is 2.42. The molecule has 21 heavy (non-hydrogen) atoms. The summed E-state index contributed by atoms with van der Waals surface area (Å²) in [6, 6.07) is 2.05. The number of nitrogens with one attached hydrogen (secondary N) is 1. The van der Waals surface area contributed by atoms with Gasteiger partial charge in [0.05, 0.1) is 12.7 Å². The minimum absolute atomic E-state index is 0.0703. The van der Waals surface area contributed by atoms with Gasteiger partial charge in [-0.15, -0.1) is 0 Å². The fourth-order valence-corrected chi connectivity index (χ4v) is 2.97. The standard InChI is InChI=1S/C16H23F2NO2/c1-4-19-14(10-16(21-3)6-5-7-16)15-12(17)8-11(20-2)9-13(15)18/h8-9,14,19H,4-7,10H2,1-3H3. The predicted molar refractivity (Wildman–Crippen MR) is 77.5 cm³/mol. The van der Waals surface area contributed by atoms with Gasteiger partial charge in [0, 0.05) is 30.8 Å². The Morgan fingerprint density at radius 2 is 1.86 bits per heavy atom. The molecule has 118 valence electrons. The number of methoxy groups -OCH3 is 2. The number of hydrogen-bond donors (Lipinski definition) is 1. The van der Waals surface area contributed by atoms with Crippen molar-refractivity contribution in [3.8, 4) is 5.75 Å². The maximum atomic E-state index is 14.3. The molecule has 0 aromatic heterocycles. The van der Waals surface area contributed by atoms with Crippen molar-refractivity contribution in [3.63, 3.8) is 0 Å². The van der Waals surface area contributed by atoms with Gasteiger partial charge in [0.15, 0.2) is 0 Å². The van der Waals surface area contributed by atoms with E-state index in [1.807, 2.05) is 6.92 Å². The molecule has 1 atom stereocenters. The fraction of sp³-hybridized carbons (Fsp3) is 0.625. The summed E-state index contributed by atoms with van der Waals surface area (Å²) in [6.45, 7) is 2.56. The van der Waals surface area contributed by atoms with Crippen LogP contribution in [0.3, 0.4) is 0 Å². The third kappa shape index (κ3) is 3.35. The third-order valence-electron chi connectivity index (χ3n) is 4.36. The van der Waals surface area contributed by atoms with E-state index >= 15 is 0 Å². The van der Waals surface area contributed by atoms with Gasteiger partial charge in [-0.2, -0.15) is 0 Å². The van der Waals surface area contributed by atoms with E-state index in [0.29, 0.717) is 13.0 Å². The van der Waals surface area contributed by atoms with Crippen LogP contribution in [0.25, 0.3) is 0 Å². The van der Waals surface area contributed by atoms with E-state index in [9.17, 15) is 8.78 Å². The van der Waals surface area contributed by atoms with E-state index in [0.717, 1.165) is 19.3 Å². The molecule has 1 aliphatic carbocycles. The Bertz CT molecular complexity index is 461. The zero-order chi connectivity index (χ0) is 15.5. The van der Waals surface area contributed by atoms with Crippen molar-refractivity contribution < 1.29 is 18.3 Å². The van der Waals surface area contributed by atoms with E-state index in [1.54, 1.807) is 7.11 Å². The third-order valence-corrected chi connectivity index (χ3v) is 4.36. The summed E-state index contributed by atoms with van der Waals surface area (Å²) in [5.74, 6) is -0.971. The zero-order valence-corrected chi connectivity index (χ0v) is 12.8. The lowest BCUT2D eigenvalue weighted by Crippen LogP contribution is -2.43. The van der Waals surface area contributed by atoms with Crippen LogP contribution in [-0.4, -0.2) is 26.4 Å². The van der Waals surface area contributed by atoms with Crippen LogP contribution in [0.5, 0.6) is 5.75 Å². The summed E-state index contributed by atoms with van der Waals surface area (Å²) in [7, 11) is 3.06. The first-order chi connectivity index (χ1) is 10.0. The predicted octanol–water partition coefficient (Wildman–Crippen LogP) is 3.58. The summed E-state index contributed by atoms with van der Waals surface area (Å²) < 4.78 is 39.0. The van der Waals surface area contributed by atoms with Gasteiger partial charge in [0.1, 0.15) is 17.4 Å². The highest BCUT2D eigenvalue weighted by Gasteiger charge is 2.40. The SMILES string of the molecule is CCNC(CC1(OC)CCC1)c1c(F)cc(OC)cc1F. The van der Waals surface area contributed by atoms with Gasteiger partial charge in [-0.3, -0.25) is 0 Å². The lowest BCUT2D eigenvalue weighted by atomic mass is 9.74. The molecule has 0 bridgehead atoms. The lowest BCUT2D eigenvalue weighted by Gasteiger charge is -2.43. The molecule has 0 radical (unpaired) electrons. The molecule has 1 aromatic rings. The van der Waals surface area contributed by atoms with Gasteiger partial charge in [-0.25, -0.2) is 8.78 Å². The van der Waals surface area contributed by atoms with Gasteiger partial charge in [-0.1, -0.05) is 6.92 Å². The lowest BCUT2D eigenvalue weighted by molar-refractivity contribution is -0.0840. The van der Waals surface area contributed by atoms with Crippen molar-refractivity contribution in [3.05, 3.63) is 29.3 Å². The van der Waals surface area contributed by atoms with E-state index in [2.05, 4.69) is 5.32 Å². The highest BCUT2D eigenvalue weighted by molar-refractivity contribution is 5.33. The van der Waals surface area contributed by atoms with E-state index in [4.69, 9.17) is 9.47 Å². The van der Waals surface area contributed by atoms with Crippen LogP contribution in [0.2, 0.25) is 0 Å². The Morgan fingerprint density at radius 3 is 2.24 bits per heavy atom. The monoisotopic (exact) mass is 299 g/mol. The molecule has 1 saturated carbocycles. The largest absolute Gasteiger partial charge is 0.497 e. The van der Waals surface area contributed by atoms with Gasteiger partial charge >= 0.3 is 0 Å². The number of ether oxygens (including phenoxy) is 2. The maximum Gasteiger partial charge on any atom is 0.134 e. The summed E-state index contributed by atoms with van der Waals surface area (Å²) in [5, 5.41) is 3.18. The second kappa shape index (κ2) is 6.71. The second-order valence-electron chi connectivity index (χ2n) is 5.56. The maximum absolute atomic E-state index is 14.3. The molecule has 0 spiro atoms. The van der Waals surface area contributed by atoms with Crippen LogP contribution >= 0.6 is 0 Å². The van der Waals surface area contributed by atoms with E-state index in [-0.39, 0.29) is 16.9 Å². The van der Waals surface area contributed by atoms with Crippen LogP contribution in [-0.2, 0) is 4.74 Å². The average Bonchev–Trinajstić information content (AvgIpc) is 2.41. The van der Waals surface area contributed by atoms with Gasteiger partial charge in [0.2, 0.25) is 0 Å². The molecule has 0 heterocycles. The minimum Gasteiger partial charge on any atom is -0.497 e. The Kier molecular flexibility index (Phi) is 5.17. The molecule has 2 rings (SSSR count). The summed E-state index contributed by atoms with van der Waals surface area (Å²) >= 11 is 0. The Morgan fingerprint density at radius 1 is 1.24 bits per heavy atom. The number of halogens is 2. The van der Waals surface area contributed by atoms with Crippen molar-refractivity contribution in [2.45, 2.75) is 44.2 Å². The Balaban J connectivity index is 2.29. The molecule has 5 heteroatoms. The van der Waals surface area contributed by atoms with Crippen molar-refractivity contribution in [1.29, 1.82) is 0 Å². The topological polar surface area (TPSA) is 30.5 Å². The van der Waals surface area contributed by atoms with Crippen LogP contribution in [0.1, 0.15) is 44.2 Å². The second-order valence-corrected chi connectivity index (χ2v) is 5.56. The van der Waals surface area contributed by atoms with E-state index < -0.39 is 17.7 Å². The summed E-state index contributed by atoms with van der Waals surface area (Å²) in [6.07, 6.45) is 3.54. The van der Waals surface area contributed by atoms with Gasteiger partial charge in [0.25, 0.3) is 0 Å². The van der Waals surface area contributed by atoms with Crippen molar-refractivity contribution >= 4 is 0 Å². The molecule has 1 aliphatic rings. The summed E-state index contributed by atoms with van der Waals surface area (Å²) in [5.41, 5.74) is -0.188. The highest BCUT2D eigenvalue weighted by atomic mass is 19.1. The first-order valence-electron chi connectivity index (χ1n) is 7.36. The Labute approximate surface area is 124 Å². The van der Waals surface area contributed by atoms with E-state index in [1.165, 1.54) is 19.2 Å². The smallest absolute Gasteiger partial charge is 0.134 e.